The summed E-state index contributed by atoms with van der Waals surface area (Å²) in [5.74, 6) is 0. The van der Waals surface area contributed by atoms with E-state index < -0.39 is 0 Å². The fourth-order valence-corrected chi connectivity index (χ4v) is 0.167. The Balaban J connectivity index is -0.0000000800. The van der Waals surface area contributed by atoms with Crippen molar-refractivity contribution in [2.24, 2.45) is 0 Å². The first-order chi connectivity index (χ1) is 2.41. The molecule has 0 spiro atoms. The smallest absolute Gasteiger partial charge is 1.00 e. The van der Waals surface area contributed by atoms with Crippen molar-refractivity contribution in [1.82, 2.24) is 0 Å². The molecule has 0 nitrogen and oxygen atoms in total. The Morgan fingerprint density at radius 3 is 2.00 bits per heavy atom. The van der Waals surface area contributed by atoms with Crippen LogP contribution in [0.4, 0.5) is 0 Å². The van der Waals surface area contributed by atoms with Gasteiger partial charge < -0.3 is 17.0 Å². The van der Waals surface area contributed by atoms with Gasteiger partial charge in [-0.15, -0.1) is 6.42 Å². The van der Waals surface area contributed by atoms with Crippen LogP contribution in [0, 0.1) is 6.92 Å². The van der Waals surface area contributed by atoms with Crippen LogP contribution in [0.3, 0.4) is 0 Å². The molecule has 0 aliphatic carbocycles. The molecular weight excluding hydrogens is 164 g/mol. The Labute approximate surface area is 72.3 Å². The van der Waals surface area contributed by atoms with Crippen LogP contribution in [0.5, 0.6) is 0 Å². The van der Waals surface area contributed by atoms with Crippen molar-refractivity contribution in [3.05, 3.63) is 19.1 Å². The largest absolute Gasteiger partial charge is 2.00 e. The molecule has 0 bridgehead atoms. The van der Waals surface area contributed by atoms with Crippen molar-refractivity contribution in [2.75, 3.05) is 0 Å². The van der Waals surface area contributed by atoms with Gasteiger partial charge in [0.15, 0.2) is 0 Å². The minimum absolute atomic E-state index is 0. The van der Waals surface area contributed by atoms with Crippen LogP contribution in [0.15, 0.2) is 12.2 Å². The fourth-order valence-electron chi connectivity index (χ4n) is 0.167. The van der Waals surface area contributed by atoms with Crippen molar-refractivity contribution in [3.63, 3.8) is 0 Å². The summed E-state index contributed by atoms with van der Waals surface area (Å²) >= 11 is 0. The molecule has 0 atom stereocenters. The molecule has 7 heavy (non-hydrogen) atoms. The molecule has 0 N–H and O–H groups in total. The van der Waals surface area contributed by atoms with E-state index in [4.69, 9.17) is 0 Å². The predicted octanol–water partition coefficient (Wildman–Crippen LogP) is -1.59. The molecule has 0 heterocycles. The van der Waals surface area contributed by atoms with Crippen LogP contribution in [0.1, 0.15) is 13.3 Å². The fraction of sp³-hybridized carbons (Fsp3) is 0.400. The minimum Gasteiger partial charge on any atom is -1.00 e. The molecule has 0 fully saturated rings. The molecule has 38 valence electrons. The number of halogens is 1. The molecule has 0 saturated carbocycles. The van der Waals surface area contributed by atoms with E-state index in [0.29, 0.717) is 0 Å². The summed E-state index contributed by atoms with van der Waals surface area (Å²) in [6.45, 7) is 5.58. The van der Waals surface area contributed by atoms with Gasteiger partial charge in [-0.3, -0.25) is 0 Å². The van der Waals surface area contributed by atoms with Gasteiger partial charge >= 0.3 is 23.1 Å². The molecule has 0 aliphatic rings. The third kappa shape index (κ3) is 19.8. The van der Waals surface area contributed by atoms with Gasteiger partial charge in [0.25, 0.3) is 0 Å². The molecule has 2 heteroatoms. The maximum atomic E-state index is 3.49. The number of hydrogen-bond acceptors (Lipinski definition) is 0. The Morgan fingerprint density at radius 1 is 1.57 bits per heavy atom. The molecule has 0 aromatic rings. The van der Waals surface area contributed by atoms with E-state index in [0.717, 1.165) is 6.42 Å². The Bertz CT molecular complexity index is 35.1. The van der Waals surface area contributed by atoms with Crippen LogP contribution in [0.25, 0.3) is 0 Å². The molecule has 0 saturated heterocycles. The van der Waals surface area contributed by atoms with Gasteiger partial charge in [-0.2, -0.15) is 0 Å². The van der Waals surface area contributed by atoms with Crippen molar-refractivity contribution in [1.29, 1.82) is 0 Å². The zero-order chi connectivity index (χ0) is 4.12. The van der Waals surface area contributed by atoms with Crippen LogP contribution in [-0.2, 0) is 0 Å². The molecule has 0 unspecified atom stereocenters. The summed E-state index contributed by atoms with van der Waals surface area (Å²) in [7, 11) is 0. The quantitative estimate of drug-likeness (QED) is 0.331. The summed E-state index contributed by atoms with van der Waals surface area (Å²) in [4.78, 5) is 0. The van der Waals surface area contributed by atoms with Crippen LogP contribution >= 0.6 is 0 Å². The number of allylic oxidation sites excluding steroid dienone is 2. The first-order valence-electron chi connectivity index (χ1n) is 1.86. The van der Waals surface area contributed by atoms with Gasteiger partial charge in [0.2, 0.25) is 0 Å². The maximum Gasteiger partial charge on any atom is 2.00 e. The van der Waals surface area contributed by atoms with E-state index in [2.05, 4.69) is 13.8 Å². The van der Waals surface area contributed by atoms with Gasteiger partial charge in [-0.05, 0) is 0 Å². The minimum atomic E-state index is 0. The molecular formula is C5H9BrMg. The number of rotatable bonds is 1. The third-order valence-corrected chi connectivity index (χ3v) is 0.402. The zero-order valence-corrected chi connectivity index (χ0v) is 7.65. The Kier molecular flexibility index (Phi) is 35.4. The topological polar surface area (TPSA) is 0 Å². The van der Waals surface area contributed by atoms with Crippen LogP contribution < -0.4 is 17.0 Å². The van der Waals surface area contributed by atoms with E-state index in [1.54, 1.807) is 6.08 Å². The Hall–Kier alpha value is 0.856. The van der Waals surface area contributed by atoms with Crippen molar-refractivity contribution in [2.45, 2.75) is 13.3 Å². The molecule has 0 amide bonds. The average molecular weight is 173 g/mol. The third-order valence-electron chi connectivity index (χ3n) is 0.402. The average Bonchev–Trinajstić information content (AvgIpc) is 1.41. The van der Waals surface area contributed by atoms with Crippen molar-refractivity contribution >= 4 is 23.1 Å². The monoisotopic (exact) mass is 172 g/mol. The summed E-state index contributed by atoms with van der Waals surface area (Å²) in [5.41, 5.74) is 0. The second-order valence-electron chi connectivity index (χ2n) is 0.880. The van der Waals surface area contributed by atoms with E-state index in [9.17, 15) is 0 Å². The van der Waals surface area contributed by atoms with E-state index in [1.807, 2.05) is 6.08 Å². The summed E-state index contributed by atoms with van der Waals surface area (Å²) < 4.78 is 0. The molecule has 0 aromatic heterocycles. The van der Waals surface area contributed by atoms with Gasteiger partial charge in [-0.1, -0.05) is 6.92 Å². The van der Waals surface area contributed by atoms with E-state index >= 15 is 0 Å². The maximum absolute atomic E-state index is 3.49. The van der Waals surface area contributed by atoms with Gasteiger partial charge in [0.1, 0.15) is 0 Å². The summed E-state index contributed by atoms with van der Waals surface area (Å²) in [6.07, 6.45) is 4.92. The van der Waals surface area contributed by atoms with Crippen molar-refractivity contribution in [3.8, 4) is 0 Å². The van der Waals surface area contributed by atoms with E-state index in [1.165, 1.54) is 0 Å². The first kappa shape index (κ1) is 15.7. The van der Waals surface area contributed by atoms with E-state index in [-0.39, 0.29) is 40.0 Å². The molecule has 0 rings (SSSR count). The van der Waals surface area contributed by atoms with Gasteiger partial charge in [0, 0.05) is 0 Å². The molecule has 0 aliphatic heterocycles. The summed E-state index contributed by atoms with van der Waals surface area (Å²) in [6, 6.07) is 0. The van der Waals surface area contributed by atoms with Gasteiger partial charge in [0.05, 0.1) is 0 Å². The van der Waals surface area contributed by atoms with Crippen LogP contribution in [0.2, 0.25) is 0 Å². The second-order valence-corrected chi connectivity index (χ2v) is 0.880. The normalized spacial score (nSPS) is 7.00. The second kappa shape index (κ2) is 15.8. The molecule has 0 aromatic carbocycles. The predicted molar refractivity (Wildman–Crippen MR) is 30.5 cm³/mol. The SMILES string of the molecule is [Br-].[CH2-]C=CCC.[Mg+2]. The zero-order valence-electron chi connectivity index (χ0n) is 4.65. The molecule has 0 radical (unpaired) electrons. The standard InChI is InChI=1S/C5H9.BrH.Mg/c1-3-5-4-2;;/h3,5H,1,4H2,2H3;1H;/q-1;;+2/p-1. The summed E-state index contributed by atoms with van der Waals surface area (Å²) in [5, 5.41) is 0. The van der Waals surface area contributed by atoms with Crippen LogP contribution in [-0.4, -0.2) is 23.1 Å². The first-order valence-corrected chi connectivity index (χ1v) is 1.86. The van der Waals surface area contributed by atoms with Gasteiger partial charge in [-0.25, -0.2) is 19.1 Å². The van der Waals surface area contributed by atoms with Crippen molar-refractivity contribution < 1.29 is 17.0 Å². The number of hydrogen-bond donors (Lipinski definition) is 0. The Morgan fingerprint density at radius 2 is 2.00 bits per heavy atom.